The van der Waals surface area contributed by atoms with Crippen LogP contribution in [0, 0.1) is 13.8 Å². The molecule has 1 heterocycles. The van der Waals surface area contributed by atoms with E-state index in [1.54, 1.807) is 24.3 Å². The minimum atomic E-state index is -0.862. The van der Waals surface area contributed by atoms with Gasteiger partial charge in [0.1, 0.15) is 23.3 Å². The smallest absolute Gasteiger partial charge is 0.303 e. The average molecular weight is 368 g/mol. The SMILES string of the molecule is Cc1ccc(Oc2coc3cc(OCCCC(=O)O)ccc3c2=O)cc1C. The lowest BCUT2D eigenvalue weighted by Gasteiger charge is -2.09. The van der Waals surface area contributed by atoms with Crippen LogP contribution in [0.5, 0.6) is 17.2 Å². The van der Waals surface area contributed by atoms with Crippen LogP contribution in [0.1, 0.15) is 24.0 Å². The Morgan fingerprint density at radius 2 is 1.85 bits per heavy atom. The zero-order valence-corrected chi connectivity index (χ0v) is 15.2. The number of carboxylic acids is 1. The summed E-state index contributed by atoms with van der Waals surface area (Å²) in [6.07, 6.45) is 1.73. The molecule has 0 bridgehead atoms. The number of aliphatic carboxylic acids is 1. The van der Waals surface area contributed by atoms with Crippen LogP contribution in [0.2, 0.25) is 0 Å². The molecule has 0 unspecified atom stereocenters. The van der Waals surface area contributed by atoms with Gasteiger partial charge < -0.3 is 19.0 Å². The second-order valence-electron chi connectivity index (χ2n) is 6.28. The van der Waals surface area contributed by atoms with E-state index < -0.39 is 5.97 Å². The van der Waals surface area contributed by atoms with Crippen molar-refractivity contribution in [3.63, 3.8) is 0 Å². The van der Waals surface area contributed by atoms with E-state index in [0.29, 0.717) is 28.9 Å². The van der Waals surface area contributed by atoms with Crippen molar-refractivity contribution in [1.82, 2.24) is 0 Å². The Balaban J connectivity index is 1.78. The molecule has 27 heavy (non-hydrogen) atoms. The van der Waals surface area contributed by atoms with E-state index in [1.165, 1.54) is 6.26 Å². The third-order valence-corrected chi connectivity index (χ3v) is 4.22. The van der Waals surface area contributed by atoms with E-state index in [-0.39, 0.29) is 24.2 Å². The number of carbonyl (C=O) groups is 1. The molecule has 6 heteroatoms. The topological polar surface area (TPSA) is 86.0 Å². The summed E-state index contributed by atoms with van der Waals surface area (Å²) in [4.78, 5) is 23.1. The lowest BCUT2D eigenvalue weighted by Crippen LogP contribution is -2.06. The number of carboxylic acid groups (broad SMARTS) is 1. The highest BCUT2D eigenvalue weighted by Gasteiger charge is 2.11. The molecule has 0 aliphatic rings. The number of fused-ring (bicyclic) bond motifs is 1. The quantitative estimate of drug-likeness (QED) is 0.620. The van der Waals surface area contributed by atoms with E-state index in [1.807, 2.05) is 26.0 Å². The molecule has 3 aromatic rings. The van der Waals surface area contributed by atoms with Gasteiger partial charge in [0.2, 0.25) is 11.2 Å². The summed E-state index contributed by atoms with van der Waals surface area (Å²) >= 11 is 0. The van der Waals surface area contributed by atoms with Gasteiger partial charge in [0, 0.05) is 12.5 Å². The monoisotopic (exact) mass is 368 g/mol. The summed E-state index contributed by atoms with van der Waals surface area (Å²) in [6, 6.07) is 10.5. The van der Waals surface area contributed by atoms with Crippen LogP contribution in [0.4, 0.5) is 0 Å². The molecular weight excluding hydrogens is 348 g/mol. The third-order valence-electron chi connectivity index (χ3n) is 4.22. The van der Waals surface area contributed by atoms with Crippen LogP contribution >= 0.6 is 0 Å². The van der Waals surface area contributed by atoms with Crippen molar-refractivity contribution >= 4 is 16.9 Å². The van der Waals surface area contributed by atoms with Crippen LogP contribution < -0.4 is 14.9 Å². The van der Waals surface area contributed by atoms with Gasteiger partial charge in [-0.1, -0.05) is 6.07 Å². The summed E-state index contributed by atoms with van der Waals surface area (Å²) in [5.41, 5.74) is 2.32. The van der Waals surface area contributed by atoms with Crippen LogP contribution in [-0.4, -0.2) is 17.7 Å². The van der Waals surface area contributed by atoms with Crippen molar-refractivity contribution in [3.05, 3.63) is 64.0 Å². The average Bonchev–Trinajstić information content (AvgIpc) is 2.64. The van der Waals surface area contributed by atoms with Gasteiger partial charge in [-0.25, -0.2) is 0 Å². The number of hydrogen-bond acceptors (Lipinski definition) is 5. The maximum Gasteiger partial charge on any atom is 0.303 e. The number of aryl methyl sites for hydroxylation is 2. The largest absolute Gasteiger partial charge is 0.493 e. The highest BCUT2D eigenvalue weighted by atomic mass is 16.5. The maximum absolute atomic E-state index is 12.6. The van der Waals surface area contributed by atoms with E-state index in [9.17, 15) is 9.59 Å². The fourth-order valence-electron chi connectivity index (χ4n) is 2.57. The van der Waals surface area contributed by atoms with Gasteiger partial charge in [0.25, 0.3) is 0 Å². The Morgan fingerprint density at radius 3 is 2.59 bits per heavy atom. The second kappa shape index (κ2) is 7.95. The van der Waals surface area contributed by atoms with Gasteiger partial charge in [-0.2, -0.15) is 0 Å². The van der Waals surface area contributed by atoms with Gasteiger partial charge in [-0.05, 0) is 55.7 Å². The van der Waals surface area contributed by atoms with Crippen molar-refractivity contribution in [2.45, 2.75) is 26.7 Å². The summed E-state index contributed by atoms with van der Waals surface area (Å²) < 4.78 is 16.7. The highest BCUT2D eigenvalue weighted by molar-refractivity contribution is 5.79. The first kappa shape index (κ1) is 18.5. The van der Waals surface area contributed by atoms with Crippen molar-refractivity contribution in [2.75, 3.05) is 6.61 Å². The van der Waals surface area contributed by atoms with Crippen LogP contribution in [0.15, 0.2) is 51.9 Å². The first-order valence-corrected chi connectivity index (χ1v) is 8.59. The summed E-state index contributed by atoms with van der Waals surface area (Å²) in [6.45, 7) is 4.25. The molecule has 140 valence electrons. The number of ether oxygens (including phenoxy) is 2. The molecule has 0 fully saturated rings. The molecule has 3 rings (SSSR count). The fraction of sp³-hybridized carbons (Fsp3) is 0.238. The summed E-state index contributed by atoms with van der Waals surface area (Å²) in [5, 5.41) is 9.01. The summed E-state index contributed by atoms with van der Waals surface area (Å²) in [7, 11) is 0. The highest BCUT2D eigenvalue weighted by Crippen LogP contribution is 2.25. The van der Waals surface area contributed by atoms with Gasteiger partial charge in [0.15, 0.2) is 0 Å². The molecule has 0 saturated heterocycles. The molecule has 0 atom stereocenters. The number of rotatable bonds is 7. The molecule has 0 saturated carbocycles. The molecule has 1 N–H and O–H groups in total. The molecule has 0 spiro atoms. The zero-order chi connectivity index (χ0) is 19.4. The second-order valence-corrected chi connectivity index (χ2v) is 6.28. The molecule has 2 aromatic carbocycles. The normalized spacial score (nSPS) is 10.7. The lowest BCUT2D eigenvalue weighted by atomic mass is 10.1. The van der Waals surface area contributed by atoms with Crippen molar-refractivity contribution in [3.8, 4) is 17.2 Å². The van der Waals surface area contributed by atoms with Crippen LogP contribution in [0.25, 0.3) is 11.0 Å². The Hall–Kier alpha value is -3.28. The minimum Gasteiger partial charge on any atom is -0.493 e. The lowest BCUT2D eigenvalue weighted by molar-refractivity contribution is -0.137. The first-order chi connectivity index (χ1) is 12.9. The molecule has 0 aliphatic carbocycles. The van der Waals surface area contributed by atoms with Gasteiger partial charge in [-0.15, -0.1) is 0 Å². The van der Waals surface area contributed by atoms with E-state index in [4.69, 9.17) is 19.0 Å². The van der Waals surface area contributed by atoms with Gasteiger partial charge >= 0.3 is 5.97 Å². The Morgan fingerprint density at radius 1 is 1.07 bits per heavy atom. The van der Waals surface area contributed by atoms with Crippen LogP contribution in [0.3, 0.4) is 0 Å². The molecule has 0 amide bonds. The molecule has 6 nitrogen and oxygen atoms in total. The van der Waals surface area contributed by atoms with E-state index >= 15 is 0 Å². The minimum absolute atomic E-state index is 0.0435. The number of benzene rings is 2. The molecule has 1 aromatic heterocycles. The number of hydrogen-bond donors (Lipinski definition) is 1. The summed E-state index contributed by atoms with van der Waals surface area (Å²) in [5.74, 6) is 0.335. The predicted octanol–water partition coefficient (Wildman–Crippen LogP) is 4.45. The van der Waals surface area contributed by atoms with Gasteiger partial charge in [0.05, 0.1) is 12.0 Å². The van der Waals surface area contributed by atoms with E-state index in [2.05, 4.69) is 0 Å². The van der Waals surface area contributed by atoms with Crippen LogP contribution in [-0.2, 0) is 4.79 Å². The van der Waals surface area contributed by atoms with Gasteiger partial charge in [-0.3, -0.25) is 9.59 Å². The Bertz CT molecular complexity index is 1030. The fourth-order valence-corrected chi connectivity index (χ4v) is 2.57. The maximum atomic E-state index is 12.6. The molecule has 0 radical (unpaired) electrons. The van der Waals surface area contributed by atoms with Crippen molar-refractivity contribution < 1.29 is 23.8 Å². The van der Waals surface area contributed by atoms with Crippen molar-refractivity contribution in [2.24, 2.45) is 0 Å². The van der Waals surface area contributed by atoms with Crippen molar-refractivity contribution in [1.29, 1.82) is 0 Å². The molecule has 0 aliphatic heterocycles. The Labute approximate surface area is 156 Å². The molecular formula is C21H20O6. The zero-order valence-electron chi connectivity index (χ0n) is 15.2. The first-order valence-electron chi connectivity index (χ1n) is 8.59. The van der Waals surface area contributed by atoms with E-state index in [0.717, 1.165) is 11.1 Å². The third kappa shape index (κ3) is 4.47. The standard InChI is InChI=1S/C21H20O6/c1-13-5-6-16(10-14(13)2)27-19-12-26-18-11-15(7-8-17(18)21(19)24)25-9-3-4-20(22)23/h5-8,10-12H,3-4,9H2,1-2H3,(H,22,23). The predicted molar refractivity (Wildman–Crippen MR) is 101 cm³/mol. The Kier molecular flexibility index (Phi) is 5.45.